The van der Waals surface area contributed by atoms with E-state index in [2.05, 4.69) is 20.5 Å². The lowest BCUT2D eigenvalue weighted by Gasteiger charge is -2.03. The SMILES string of the molecule is C/C(=N\Nc1nc2ccccc2s1)c1ccc(-c2ccc(Cl)c(C(=O)O)c2)[nH]1. The number of hydrogen-bond donors (Lipinski definition) is 3. The zero-order valence-corrected chi connectivity index (χ0v) is 16.3. The Morgan fingerprint density at radius 2 is 2.04 bits per heavy atom. The summed E-state index contributed by atoms with van der Waals surface area (Å²) in [5, 5.41) is 14.6. The third-order valence-electron chi connectivity index (χ3n) is 4.20. The minimum absolute atomic E-state index is 0.0678. The largest absolute Gasteiger partial charge is 0.478 e. The third kappa shape index (κ3) is 3.62. The normalized spacial score (nSPS) is 11.7. The van der Waals surface area contributed by atoms with Gasteiger partial charge in [-0.25, -0.2) is 9.78 Å². The summed E-state index contributed by atoms with van der Waals surface area (Å²) in [6.07, 6.45) is 0. The molecule has 3 N–H and O–H groups in total. The van der Waals surface area contributed by atoms with Crippen molar-refractivity contribution in [3.05, 3.63) is 70.9 Å². The molecule has 0 atom stereocenters. The van der Waals surface area contributed by atoms with Crippen molar-refractivity contribution in [1.82, 2.24) is 9.97 Å². The number of aromatic carboxylic acids is 1. The molecule has 0 aliphatic heterocycles. The molecule has 0 aliphatic carbocycles. The first-order valence-corrected chi connectivity index (χ1v) is 9.59. The van der Waals surface area contributed by atoms with E-state index in [-0.39, 0.29) is 10.6 Å². The molecule has 4 aromatic rings. The highest BCUT2D eigenvalue weighted by atomic mass is 35.5. The number of benzene rings is 2. The van der Waals surface area contributed by atoms with Gasteiger partial charge in [-0.15, -0.1) is 0 Å². The second-order valence-electron chi connectivity index (χ2n) is 6.08. The zero-order chi connectivity index (χ0) is 19.7. The number of carboxylic acids is 1. The molecular formula is C20H15ClN4O2S. The average molecular weight is 411 g/mol. The molecule has 2 heterocycles. The monoisotopic (exact) mass is 410 g/mol. The summed E-state index contributed by atoms with van der Waals surface area (Å²) < 4.78 is 1.09. The molecule has 4 rings (SSSR count). The maximum Gasteiger partial charge on any atom is 0.337 e. The van der Waals surface area contributed by atoms with E-state index < -0.39 is 5.97 Å². The van der Waals surface area contributed by atoms with Gasteiger partial charge in [-0.3, -0.25) is 5.43 Å². The van der Waals surface area contributed by atoms with Crippen molar-refractivity contribution < 1.29 is 9.90 Å². The Morgan fingerprint density at radius 1 is 1.21 bits per heavy atom. The summed E-state index contributed by atoms with van der Waals surface area (Å²) in [5.74, 6) is -1.06. The number of para-hydroxylation sites is 1. The van der Waals surface area contributed by atoms with Gasteiger partial charge in [0.1, 0.15) is 0 Å². The third-order valence-corrected chi connectivity index (χ3v) is 5.47. The van der Waals surface area contributed by atoms with Gasteiger partial charge in [-0.05, 0) is 48.9 Å². The van der Waals surface area contributed by atoms with Crippen molar-refractivity contribution >= 4 is 50.0 Å². The summed E-state index contributed by atoms with van der Waals surface area (Å²) in [5.41, 5.74) is 7.07. The number of anilines is 1. The summed E-state index contributed by atoms with van der Waals surface area (Å²) in [6.45, 7) is 1.88. The molecule has 0 unspecified atom stereocenters. The smallest absolute Gasteiger partial charge is 0.337 e. The number of H-pyrrole nitrogens is 1. The van der Waals surface area contributed by atoms with Crippen LogP contribution in [0, 0.1) is 0 Å². The quantitative estimate of drug-likeness (QED) is 0.300. The minimum atomic E-state index is -1.06. The molecule has 0 spiro atoms. The van der Waals surface area contributed by atoms with E-state index >= 15 is 0 Å². The molecule has 2 aromatic heterocycles. The van der Waals surface area contributed by atoms with Gasteiger partial charge in [-0.2, -0.15) is 5.10 Å². The Kier molecular flexibility index (Phi) is 4.85. The Labute approximate surface area is 169 Å². The molecule has 0 bridgehead atoms. The molecule has 28 heavy (non-hydrogen) atoms. The lowest BCUT2D eigenvalue weighted by Crippen LogP contribution is -2.00. The molecule has 0 radical (unpaired) electrons. The number of nitrogens with zero attached hydrogens (tertiary/aromatic N) is 2. The molecule has 0 fully saturated rings. The standard InChI is InChI=1S/C20H15ClN4O2S/c1-11(24-25-20-23-17-4-2-3-5-18(17)28-20)15-8-9-16(22-15)12-6-7-14(21)13(10-12)19(26)27/h2-10,22H,1H3,(H,23,25)(H,26,27)/b24-11+. The summed E-state index contributed by atoms with van der Waals surface area (Å²) >= 11 is 7.47. The number of rotatable bonds is 5. The molecule has 140 valence electrons. The Morgan fingerprint density at radius 3 is 2.82 bits per heavy atom. The number of nitrogens with one attached hydrogen (secondary N) is 2. The fourth-order valence-corrected chi connectivity index (χ4v) is 3.75. The van der Waals surface area contributed by atoms with Crippen LogP contribution in [0.25, 0.3) is 21.5 Å². The van der Waals surface area contributed by atoms with Crippen LogP contribution in [0.1, 0.15) is 23.0 Å². The second kappa shape index (κ2) is 7.46. The minimum Gasteiger partial charge on any atom is -0.478 e. The topological polar surface area (TPSA) is 90.4 Å². The van der Waals surface area contributed by atoms with Crippen LogP contribution < -0.4 is 5.43 Å². The average Bonchev–Trinajstić information content (AvgIpc) is 3.33. The highest BCUT2D eigenvalue weighted by Gasteiger charge is 2.12. The van der Waals surface area contributed by atoms with Crippen molar-refractivity contribution in [2.75, 3.05) is 5.43 Å². The van der Waals surface area contributed by atoms with Crippen molar-refractivity contribution in [3.63, 3.8) is 0 Å². The van der Waals surface area contributed by atoms with Gasteiger partial charge in [-0.1, -0.05) is 41.1 Å². The Balaban J connectivity index is 1.55. The van der Waals surface area contributed by atoms with E-state index in [4.69, 9.17) is 11.6 Å². The van der Waals surface area contributed by atoms with Gasteiger partial charge < -0.3 is 10.1 Å². The van der Waals surface area contributed by atoms with Crippen molar-refractivity contribution in [2.24, 2.45) is 5.10 Å². The maximum absolute atomic E-state index is 11.3. The highest BCUT2D eigenvalue weighted by molar-refractivity contribution is 7.22. The lowest BCUT2D eigenvalue weighted by atomic mass is 10.1. The number of aromatic amines is 1. The van der Waals surface area contributed by atoms with Gasteiger partial charge in [0.05, 0.1) is 32.2 Å². The van der Waals surface area contributed by atoms with Crippen LogP contribution in [0.2, 0.25) is 5.02 Å². The van der Waals surface area contributed by atoms with Crippen LogP contribution in [-0.2, 0) is 0 Å². The van der Waals surface area contributed by atoms with E-state index in [0.717, 1.165) is 38.0 Å². The fourth-order valence-electron chi connectivity index (χ4n) is 2.74. The van der Waals surface area contributed by atoms with E-state index in [9.17, 15) is 9.90 Å². The predicted molar refractivity (Wildman–Crippen MR) is 114 cm³/mol. The molecule has 0 saturated heterocycles. The predicted octanol–water partition coefficient (Wildman–Crippen LogP) is 5.48. The number of hydrazone groups is 1. The highest BCUT2D eigenvalue weighted by Crippen LogP contribution is 2.26. The Bertz CT molecular complexity index is 1180. The van der Waals surface area contributed by atoms with Crippen LogP contribution in [0.5, 0.6) is 0 Å². The van der Waals surface area contributed by atoms with Gasteiger partial charge in [0, 0.05) is 5.69 Å². The number of halogens is 1. The van der Waals surface area contributed by atoms with Crippen LogP contribution in [-0.4, -0.2) is 26.8 Å². The van der Waals surface area contributed by atoms with Gasteiger partial charge >= 0.3 is 5.97 Å². The first-order chi connectivity index (χ1) is 13.5. The number of fused-ring (bicyclic) bond motifs is 1. The number of thiazole rings is 1. The zero-order valence-electron chi connectivity index (χ0n) is 14.7. The lowest BCUT2D eigenvalue weighted by molar-refractivity contribution is 0.0697. The van der Waals surface area contributed by atoms with E-state index in [1.165, 1.54) is 11.3 Å². The summed E-state index contributed by atoms with van der Waals surface area (Å²) in [4.78, 5) is 19.0. The van der Waals surface area contributed by atoms with Gasteiger partial charge in [0.25, 0.3) is 0 Å². The number of carbonyl (C=O) groups is 1. The van der Waals surface area contributed by atoms with E-state index in [1.807, 2.05) is 43.3 Å². The number of hydrogen-bond acceptors (Lipinski definition) is 5. The Hall–Kier alpha value is -3.16. The molecule has 0 amide bonds. The summed E-state index contributed by atoms with van der Waals surface area (Å²) in [6, 6.07) is 16.6. The van der Waals surface area contributed by atoms with E-state index in [1.54, 1.807) is 18.2 Å². The first-order valence-electron chi connectivity index (χ1n) is 8.40. The molecular weight excluding hydrogens is 396 g/mol. The maximum atomic E-state index is 11.3. The molecule has 2 aromatic carbocycles. The van der Waals surface area contributed by atoms with Crippen LogP contribution >= 0.6 is 22.9 Å². The first kappa shape index (κ1) is 18.2. The second-order valence-corrected chi connectivity index (χ2v) is 7.52. The van der Waals surface area contributed by atoms with Crippen LogP contribution in [0.3, 0.4) is 0 Å². The van der Waals surface area contributed by atoms with Gasteiger partial charge in [0.15, 0.2) is 0 Å². The van der Waals surface area contributed by atoms with Crippen LogP contribution in [0.4, 0.5) is 5.13 Å². The molecule has 8 heteroatoms. The fraction of sp³-hybridized carbons (Fsp3) is 0.0500. The molecule has 0 saturated carbocycles. The van der Waals surface area contributed by atoms with Crippen molar-refractivity contribution in [2.45, 2.75) is 6.92 Å². The van der Waals surface area contributed by atoms with E-state index in [0.29, 0.717) is 0 Å². The van der Waals surface area contributed by atoms with Gasteiger partial charge in [0.2, 0.25) is 5.13 Å². The molecule has 6 nitrogen and oxygen atoms in total. The van der Waals surface area contributed by atoms with Crippen molar-refractivity contribution in [1.29, 1.82) is 0 Å². The van der Waals surface area contributed by atoms with Crippen LogP contribution in [0.15, 0.2) is 59.7 Å². The summed E-state index contributed by atoms with van der Waals surface area (Å²) in [7, 11) is 0. The molecule has 0 aliphatic rings. The number of carboxylic acid groups (broad SMARTS) is 1. The van der Waals surface area contributed by atoms with Crippen molar-refractivity contribution in [3.8, 4) is 11.3 Å². The number of aromatic nitrogens is 2.